The molecule has 0 aromatic heterocycles. The lowest BCUT2D eigenvalue weighted by molar-refractivity contribution is -0.172. The van der Waals surface area contributed by atoms with Gasteiger partial charge in [0.25, 0.3) is 0 Å². The minimum absolute atomic E-state index is 0.0122. The SMILES string of the molecule is NC1CN(CC(F)(F)F)C1=O. The Balaban J connectivity index is 2.37. The quantitative estimate of drug-likeness (QED) is 0.547. The predicted octanol–water partition coefficient (Wildman–Crippen LogP) is -0.282. The zero-order valence-corrected chi connectivity index (χ0v) is 5.56. The molecule has 3 nitrogen and oxygen atoms in total. The molecule has 1 aliphatic heterocycles. The van der Waals surface area contributed by atoms with Crippen molar-refractivity contribution >= 4 is 5.91 Å². The maximum absolute atomic E-state index is 11.6. The number of likely N-dealkylation sites (tertiary alicyclic amines) is 1. The summed E-state index contributed by atoms with van der Waals surface area (Å²) in [6.07, 6.45) is -4.31. The van der Waals surface area contributed by atoms with Gasteiger partial charge in [0.15, 0.2) is 0 Å². The van der Waals surface area contributed by atoms with Gasteiger partial charge in [0, 0.05) is 6.54 Å². The summed E-state index contributed by atoms with van der Waals surface area (Å²) in [5, 5.41) is 0. The van der Waals surface area contributed by atoms with Crippen LogP contribution in [-0.4, -0.2) is 36.1 Å². The van der Waals surface area contributed by atoms with E-state index in [2.05, 4.69) is 0 Å². The Morgan fingerprint density at radius 1 is 1.64 bits per heavy atom. The fourth-order valence-corrected chi connectivity index (χ4v) is 0.886. The van der Waals surface area contributed by atoms with Gasteiger partial charge in [0.1, 0.15) is 12.6 Å². The van der Waals surface area contributed by atoms with Gasteiger partial charge >= 0.3 is 6.18 Å². The number of carbonyl (C=O) groups excluding carboxylic acids is 1. The minimum atomic E-state index is -4.31. The van der Waals surface area contributed by atoms with Crippen LogP contribution in [0.2, 0.25) is 0 Å². The summed E-state index contributed by atoms with van der Waals surface area (Å²) < 4.78 is 34.8. The molecule has 0 aliphatic carbocycles. The third-order valence-electron chi connectivity index (χ3n) is 1.42. The van der Waals surface area contributed by atoms with Gasteiger partial charge in [-0.3, -0.25) is 4.79 Å². The van der Waals surface area contributed by atoms with Crippen LogP contribution < -0.4 is 5.73 Å². The van der Waals surface area contributed by atoms with E-state index in [1.807, 2.05) is 0 Å². The van der Waals surface area contributed by atoms with Crippen LogP contribution in [0.15, 0.2) is 0 Å². The Hall–Kier alpha value is -0.780. The molecule has 11 heavy (non-hydrogen) atoms. The van der Waals surface area contributed by atoms with E-state index in [1.165, 1.54) is 0 Å². The predicted molar refractivity (Wildman–Crippen MR) is 30.6 cm³/mol. The molecule has 0 radical (unpaired) electrons. The highest BCUT2D eigenvalue weighted by molar-refractivity contribution is 5.87. The summed E-state index contributed by atoms with van der Waals surface area (Å²) in [6, 6.07) is -0.725. The summed E-state index contributed by atoms with van der Waals surface area (Å²) in [7, 11) is 0. The number of β-lactam (4-membered cyclic amide) rings is 1. The summed E-state index contributed by atoms with van der Waals surface area (Å²) >= 11 is 0. The Morgan fingerprint density at radius 2 is 2.18 bits per heavy atom. The first-order valence-electron chi connectivity index (χ1n) is 3.01. The van der Waals surface area contributed by atoms with Crippen molar-refractivity contribution in [2.45, 2.75) is 12.2 Å². The smallest absolute Gasteiger partial charge is 0.330 e. The van der Waals surface area contributed by atoms with Crippen molar-refractivity contribution < 1.29 is 18.0 Å². The average Bonchev–Trinajstić information content (AvgIpc) is 1.84. The lowest BCUT2D eigenvalue weighted by atomic mass is 10.1. The van der Waals surface area contributed by atoms with E-state index in [0.29, 0.717) is 4.90 Å². The molecule has 1 atom stereocenters. The van der Waals surface area contributed by atoms with E-state index in [-0.39, 0.29) is 6.54 Å². The molecule has 1 saturated heterocycles. The highest BCUT2D eigenvalue weighted by Crippen LogP contribution is 2.20. The van der Waals surface area contributed by atoms with Crippen LogP contribution in [0.4, 0.5) is 13.2 Å². The molecule has 0 aromatic rings. The zero-order chi connectivity index (χ0) is 8.65. The molecule has 1 unspecified atom stereocenters. The van der Waals surface area contributed by atoms with Crippen molar-refractivity contribution in [3.63, 3.8) is 0 Å². The Kier molecular flexibility index (Phi) is 1.79. The first-order chi connectivity index (χ1) is 4.90. The number of halogens is 3. The van der Waals surface area contributed by atoms with Gasteiger partial charge in [-0.15, -0.1) is 0 Å². The lowest BCUT2D eigenvalue weighted by Crippen LogP contribution is -2.62. The van der Waals surface area contributed by atoms with Crippen molar-refractivity contribution in [2.75, 3.05) is 13.1 Å². The van der Waals surface area contributed by atoms with Crippen LogP contribution in [0.1, 0.15) is 0 Å². The zero-order valence-electron chi connectivity index (χ0n) is 5.56. The number of alkyl halides is 3. The van der Waals surface area contributed by atoms with Gasteiger partial charge in [-0.05, 0) is 0 Å². The number of carbonyl (C=O) groups is 1. The third-order valence-corrected chi connectivity index (χ3v) is 1.42. The van der Waals surface area contributed by atoms with Crippen molar-refractivity contribution in [3.8, 4) is 0 Å². The molecule has 2 N–H and O–H groups in total. The second-order valence-corrected chi connectivity index (χ2v) is 2.44. The molecule has 1 fully saturated rings. The average molecular weight is 168 g/mol. The number of hydrogen-bond acceptors (Lipinski definition) is 2. The van der Waals surface area contributed by atoms with Crippen molar-refractivity contribution in [2.24, 2.45) is 5.73 Å². The highest BCUT2D eigenvalue weighted by Gasteiger charge is 2.41. The Morgan fingerprint density at radius 3 is 2.45 bits per heavy atom. The summed E-state index contributed by atoms with van der Waals surface area (Å²) in [6.45, 7) is -1.17. The molecule has 0 bridgehead atoms. The summed E-state index contributed by atoms with van der Waals surface area (Å²) in [5.41, 5.74) is 5.07. The van der Waals surface area contributed by atoms with Crippen LogP contribution >= 0.6 is 0 Å². The first kappa shape index (κ1) is 8.32. The number of hydrogen-bond donors (Lipinski definition) is 1. The molecule has 1 amide bonds. The fraction of sp³-hybridized carbons (Fsp3) is 0.800. The largest absolute Gasteiger partial charge is 0.406 e. The lowest BCUT2D eigenvalue weighted by Gasteiger charge is -2.36. The first-order valence-corrected chi connectivity index (χ1v) is 3.01. The molecule has 1 rings (SSSR count). The third kappa shape index (κ3) is 1.83. The highest BCUT2D eigenvalue weighted by atomic mass is 19.4. The minimum Gasteiger partial charge on any atom is -0.330 e. The second-order valence-electron chi connectivity index (χ2n) is 2.44. The Bertz CT molecular complexity index is 179. The van der Waals surface area contributed by atoms with E-state index in [9.17, 15) is 18.0 Å². The number of rotatable bonds is 1. The van der Waals surface area contributed by atoms with Gasteiger partial charge in [-0.1, -0.05) is 0 Å². The standard InChI is InChI=1S/C5H7F3N2O/c6-5(7,8)2-10-1-3(9)4(10)11/h3H,1-2,9H2. The van der Waals surface area contributed by atoms with Crippen LogP contribution in [0.3, 0.4) is 0 Å². The van der Waals surface area contributed by atoms with E-state index in [1.54, 1.807) is 0 Å². The normalized spacial score (nSPS) is 25.3. The van der Waals surface area contributed by atoms with E-state index >= 15 is 0 Å². The molecule has 0 aromatic carbocycles. The molecular weight excluding hydrogens is 161 g/mol. The van der Waals surface area contributed by atoms with E-state index in [4.69, 9.17) is 5.73 Å². The molecule has 0 saturated carbocycles. The van der Waals surface area contributed by atoms with Gasteiger partial charge in [0.2, 0.25) is 5.91 Å². The van der Waals surface area contributed by atoms with Crippen LogP contribution in [0.25, 0.3) is 0 Å². The molecule has 6 heteroatoms. The second kappa shape index (κ2) is 2.37. The van der Waals surface area contributed by atoms with Crippen molar-refractivity contribution in [1.29, 1.82) is 0 Å². The maximum atomic E-state index is 11.6. The molecule has 1 heterocycles. The Labute approximate surface area is 61.0 Å². The van der Waals surface area contributed by atoms with Crippen LogP contribution in [0.5, 0.6) is 0 Å². The monoisotopic (exact) mass is 168 g/mol. The van der Waals surface area contributed by atoms with Crippen LogP contribution in [0, 0.1) is 0 Å². The number of nitrogens with zero attached hydrogens (tertiary/aromatic N) is 1. The van der Waals surface area contributed by atoms with Crippen molar-refractivity contribution in [1.82, 2.24) is 4.90 Å². The molecule has 0 spiro atoms. The summed E-state index contributed by atoms with van der Waals surface area (Å²) in [5.74, 6) is -0.623. The maximum Gasteiger partial charge on any atom is 0.406 e. The fourth-order valence-electron chi connectivity index (χ4n) is 0.886. The summed E-state index contributed by atoms with van der Waals surface area (Å²) in [4.78, 5) is 11.2. The topological polar surface area (TPSA) is 46.3 Å². The van der Waals surface area contributed by atoms with Gasteiger partial charge in [0.05, 0.1) is 0 Å². The molecule has 1 aliphatic rings. The van der Waals surface area contributed by atoms with Gasteiger partial charge in [-0.2, -0.15) is 13.2 Å². The van der Waals surface area contributed by atoms with Gasteiger partial charge < -0.3 is 10.6 Å². The van der Waals surface area contributed by atoms with Crippen molar-refractivity contribution in [3.05, 3.63) is 0 Å². The van der Waals surface area contributed by atoms with Crippen LogP contribution in [-0.2, 0) is 4.79 Å². The van der Waals surface area contributed by atoms with E-state index in [0.717, 1.165) is 0 Å². The van der Waals surface area contributed by atoms with E-state index < -0.39 is 24.7 Å². The number of amides is 1. The molecule has 64 valence electrons. The van der Waals surface area contributed by atoms with Gasteiger partial charge in [-0.25, -0.2) is 0 Å². The molecular formula is C5H7F3N2O. The number of nitrogens with two attached hydrogens (primary N) is 1.